The summed E-state index contributed by atoms with van der Waals surface area (Å²) in [7, 11) is 0. The normalized spacial score (nSPS) is 15.6. The quantitative estimate of drug-likeness (QED) is 0.619. The number of carbonyl (C=O) groups excluding carboxylic acids is 1. The molecular weight excluding hydrogens is 411 g/mol. The van der Waals surface area contributed by atoms with Crippen LogP contribution in [0.5, 0.6) is 5.75 Å². The number of hydrogen-bond acceptors (Lipinski definition) is 4. The Hall–Kier alpha value is -2.97. The molecule has 0 N–H and O–H groups in total. The molecule has 1 fully saturated rings. The van der Waals surface area contributed by atoms with Crippen molar-refractivity contribution >= 4 is 12.2 Å². The second kappa shape index (κ2) is 8.64. The Kier molecular flexibility index (Phi) is 6.33. The lowest BCUT2D eigenvalue weighted by Gasteiger charge is -2.33. The van der Waals surface area contributed by atoms with E-state index in [1.165, 1.54) is 18.3 Å². The van der Waals surface area contributed by atoms with E-state index < -0.39 is 12.0 Å². The van der Waals surface area contributed by atoms with Crippen molar-refractivity contribution in [3.63, 3.8) is 0 Å². The Morgan fingerprint density at radius 1 is 1.23 bits per heavy atom. The first-order valence-electron chi connectivity index (χ1n) is 10.00. The van der Waals surface area contributed by atoms with Gasteiger partial charge in [0.1, 0.15) is 11.4 Å². The molecule has 1 aromatic carbocycles. The molecule has 2 aromatic rings. The highest BCUT2D eigenvalue weighted by Gasteiger charge is 2.33. The van der Waals surface area contributed by atoms with Crippen molar-refractivity contribution < 1.29 is 27.4 Å². The minimum Gasteiger partial charge on any atom is -0.444 e. The van der Waals surface area contributed by atoms with Gasteiger partial charge in [-0.15, -0.1) is 13.2 Å². The monoisotopic (exact) mass is 437 g/mol. The Morgan fingerprint density at radius 3 is 2.48 bits per heavy atom. The highest BCUT2D eigenvalue weighted by Crippen LogP contribution is 2.35. The minimum atomic E-state index is -4.80. The number of halogens is 3. The van der Waals surface area contributed by atoms with Gasteiger partial charge in [-0.25, -0.2) is 4.79 Å². The van der Waals surface area contributed by atoms with Gasteiger partial charge >= 0.3 is 12.5 Å². The van der Waals surface area contributed by atoms with Crippen molar-refractivity contribution in [2.45, 2.75) is 51.6 Å². The molecule has 0 spiro atoms. The van der Waals surface area contributed by atoms with E-state index in [-0.39, 0.29) is 23.4 Å². The molecule has 1 amide bonds. The first kappa shape index (κ1) is 22.7. The molecule has 0 radical (unpaired) electrons. The number of piperidine rings is 1. The molecule has 2 heterocycles. The SMILES string of the molecule is C=Cc1ccc(OC(F)(F)F)c(-c2cnn(C3CCN(C(=O)OC(C)(C)C)CC3)c2)c1. The predicted molar refractivity (Wildman–Crippen MR) is 111 cm³/mol. The fourth-order valence-electron chi connectivity index (χ4n) is 3.43. The van der Waals surface area contributed by atoms with Gasteiger partial charge in [-0.3, -0.25) is 4.68 Å². The van der Waals surface area contributed by atoms with Crippen molar-refractivity contribution in [2.24, 2.45) is 0 Å². The molecule has 168 valence electrons. The van der Waals surface area contributed by atoms with Crippen LogP contribution in [0.3, 0.4) is 0 Å². The number of amides is 1. The molecule has 1 saturated heterocycles. The number of aromatic nitrogens is 2. The van der Waals surface area contributed by atoms with Gasteiger partial charge in [0.05, 0.1) is 12.2 Å². The van der Waals surface area contributed by atoms with Crippen LogP contribution in [0.15, 0.2) is 37.2 Å². The first-order valence-corrected chi connectivity index (χ1v) is 10.00. The molecule has 3 rings (SSSR count). The highest BCUT2D eigenvalue weighted by atomic mass is 19.4. The third kappa shape index (κ3) is 6.02. The average Bonchev–Trinajstić information content (AvgIpc) is 3.16. The van der Waals surface area contributed by atoms with Crippen LogP contribution < -0.4 is 4.74 Å². The fourth-order valence-corrected chi connectivity index (χ4v) is 3.43. The number of rotatable bonds is 4. The largest absolute Gasteiger partial charge is 0.573 e. The zero-order valence-electron chi connectivity index (χ0n) is 17.8. The second-order valence-corrected chi connectivity index (χ2v) is 8.42. The third-order valence-corrected chi connectivity index (χ3v) is 4.87. The summed E-state index contributed by atoms with van der Waals surface area (Å²) in [5.41, 5.74) is 0.911. The number of carbonyl (C=O) groups is 1. The lowest BCUT2D eigenvalue weighted by molar-refractivity contribution is -0.274. The van der Waals surface area contributed by atoms with Crippen molar-refractivity contribution in [1.82, 2.24) is 14.7 Å². The maximum atomic E-state index is 12.8. The molecule has 0 saturated carbocycles. The zero-order valence-corrected chi connectivity index (χ0v) is 17.8. The molecule has 6 nitrogen and oxygen atoms in total. The van der Waals surface area contributed by atoms with E-state index in [0.29, 0.717) is 37.1 Å². The number of nitrogens with zero attached hydrogens (tertiary/aromatic N) is 3. The van der Waals surface area contributed by atoms with Gasteiger partial charge in [0.25, 0.3) is 0 Å². The Labute approximate surface area is 179 Å². The molecule has 0 unspecified atom stereocenters. The Balaban J connectivity index is 1.74. The molecule has 0 aliphatic carbocycles. The maximum absolute atomic E-state index is 12.8. The summed E-state index contributed by atoms with van der Waals surface area (Å²) >= 11 is 0. The number of likely N-dealkylation sites (tertiary alicyclic amines) is 1. The third-order valence-electron chi connectivity index (χ3n) is 4.87. The van der Waals surface area contributed by atoms with Crippen LogP contribution >= 0.6 is 0 Å². The van der Waals surface area contributed by atoms with Crippen LogP contribution in [0.25, 0.3) is 17.2 Å². The molecule has 9 heteroatoms. The van der Waals surface area contributed by atoms with Crippen molar-refractivity contribution in [1.29, 1.82) is 0 Å². The lowest BCUT2D eigenvalue weighted by atomic mass is 10.0. The van der Waals surface area contributed by atoms with Gasteiger partial charge in [-0.05, 0) is 51.3 Å². The van der Waals surface area contributed by atoms with Gasteiger partial charge in [-0.1, -0.05) is 18.7 Å². The highest BCUT2D eigenvalue weighted by molar-refractivity contribution is 5.72. The standard InChI is InChI=1S/C22H26F3N3O3/c1-5-15-6-7-19(30-22(23,24)25)18(12-15)16-13-26-28(14-16)17-8-10-27(11-9-17)20(29)31-21(2,3)4/h5-7,12-14,17H,1,8-11H2,2-4H3. The summed E-state index contributed by atoms with van der Waals surface area (Å²) < 4.78 is 49.8. The van der Waals surface area contributed by atoms with Crippen LogP contribution in [0.1, 0.15) is 45.2 Å². The lowest BCUT2D eigenvalue weighted by Crippen LogP contribution is -2.42. The van der Waals surface area contributed by atoms with Crippen molar-refractivity contribution in [2.75, 3.05) is 13.1 Å². The average molecular weight is 437 g/mol. The van der Waals surface area contributed by atoms with Crippen LogP contribution in [-0.2, 0) is 4.74 Å². The summed E-state index contributed by atoms with van der Waals surface area (Å²) in [6.07, 6.45) is 0.970. The number of hydrogen-bond donors (Lipinski definition) is 0. The zero-order chi connectivity index (χ0) is 22.8. The Morgan fingerprint density at radius 2 is 1.90 bits per heavy atom. The predicted octanol–water partition coefficient (Wildman–Crippen LogP) is 5.66. The van der Waals surface area contributed by atoms with E-state index in [1.807, 2.05) is 20.8 Å². The number of ether oxygens (including phenoxy) is 2. The molecule has 0 atom stereocenters. The molecular formula is C22H26F3N3O3. The fraction of sp³-hybridized carbons (Fsp3) is 0.455. The van der Waals surface area contributed by atoms with Gasteiger partial charge < -0.3 is 14.4 Å². The summed E-state index contributed by atoms with van der Waals surface area (Å²) in [6.45, 7) is 10.2. The second-order valence-electron chi connectivity index (χ2n) is 8.42. The van der Waals surface area contributed by atoms with Gasteiger partial charge in [0.15, 0.2) is 0 Å². The number of benzene rings is 1. The van der Waals surface area contributed by atoms with E-state index >= 15 is 0 Å². The van der Waals surface area contributed by atoms with E-state index in [2.05, 4.69) is 16.4 Å². The summed E-state index contributed by atoms with van der Waals surface area (Å²) in [5, 5.41) is 4.36. The molecule has 1 aliphatic rings. The van der Waals surface area contributed by atoms with Gasteiger partial charge in [0.2, 0.25) is 0 Å². The van der Waals surface area contributed by atoms with Crippen LogP contribution in [0, 0.1) is 0 Å². The Bertz CT molecular complexity index is 939. The molecule has 0 bridgehead atoms. The van der Waals surface area contributed by atoms with E-state index in [1.54, 1.807) is 27.9 Å². The first-order chi connectivity index (χ1) is 14.4. The van der Waals surface area contributed by atoms with Gasteiger partial charge in [-0.2, -0.15) is 5.10 Å². The molecule has 1 aliphatic heterocycles. The smallest absolute Gasteiger partial charge is 0.444 e. The van der Waals surface area contributed by atoms with E-state index in [9.17, 15) is 18.0 Å². The van der Waals surface area contributed by atoms with E-state index in [0.717, 1.165) is 0 Å². The van der Waals surface area contributed by atoms with Gasteiger partial charge in [0, 0.05) is 30.4 Å². The summed E-state index contributed by atoms with van der Waals surface area (Å²) in [4.78, 5) is 13.9. The van der Waals surface area contributed by atoms with Crippen LogP contribution in [-0.4, -0.2) is 45.8 Å². The summed E-state index contributed by atoms with van der Waals surface area (Å²) in [6, 6.07) is 4.40. The van der Waals surface area contributed by atoms with E-state index in [4.69, 9.17) is 4.74 Å². The maximum Gasteiger partial charge on any atom is 0.573 e. The molecule has 1 aromatic heterocycles. The minimum absolute atomic E-state index is 0.0296. The number of alkyl halides is 3. The van der Waals surface area contributed by atoms with Crippen LogP contribution in [0.2, 0.25) is 0 Å². The summed E-state index contributed by atoms with van der Waals surface area (Å²) in [5.74, 6) is -0.294. The molecule has 31 heavy (non-hydrogen) atoms. The van der Waals surface area contributed by atoms with Crippen molar-refractivity contribution in [3.05, 3.63) is 42.7 Å². The van der Waals surface area contributed by atoms with Crippen LogP contribution in [0.4, 0.5) is 18.0 Å². The van der Waals surface area contributed by atoms with Crippen molar-refractivity contribution in [3.8, 4) is 16.9 Å². The topological polar surface area (TPSA) is 56.6 Å².